The Bertz CT molecular complexity index is 664. The third-order valence-corrected chi connectivity index (χ3v) is 3.35. The maximum atomic E-state index is 12.0. The highest BCUT2D eigenvalue weighted by molar-refractivity contribution is 5.92. The Balaban J connectivity index is 1.63. The second-order valence-corrected chi connectivity index (χ2v) is 4.87. The van der Waals surface area contributed by atoms with Crippen LogP contribution in [-0.4, -0.2) is 26.6 Å². The summed E-state index contributed by atoms with van der Waals surface area (Å²) in [5.74, 6) is -0.741. The standard InChI is InChI=1S/C13H15N5O3/c14-12(19)10-7-21-11(16-10)6-15-13(20)9-5-8-3-1-2-4-18(8)17-9/h5,7H,1-4,6H2,(H2,14,19)(H,15,20). The van der Waals surface area contributed by atoms with Gasteiger partial charge in [-0.3, -0.25) is 14.3 Å². The van der Waals surface area contributed by atoms with E-state index in [4.69, 9.17) is 10.2 Å². The summed E-state index contributed by atoms with van der Waals surface area (Å²) >= 11 is 0. The van der Waals surface area contributed by atoms with Crippen LogP contribution in [0.2, 0.25) is 0 Å². The van der Waals surface area contributed by atoms with Crippen LogP contribution in [0.5, 0.6) is 0 Å². The van der Waals surface area contributed by atoms with E-state index in [9.17, 15) is 9.59 Å². The zero-order valence-corrected chi connectivity index (χ0v) is 11.3. The minimum absolute atomic E-state index is 0.0386. The fraction of sp³-hybridized carbons (Fsp3) is 0.385. The van der Waals surface area contributed by atoms with Gasteiger partial charge in [-0.2, -0.15) is 5.10 Å². The van der Waals surface area contributed by atoms with E-state index in [2.05, 4.69) is 15.4 Å². The summed E-state index contributed by atoms with van der Waals surface area (Å²) in [6.07, 6.45) is 4.32. The van der Waals surface area contributed by atoms with Gasteiger partial charge in [0.25, 0.3) is 11.8 Å². The molecule has 3 N–H and O–H groups in total. The van der Waals surface area contributed by atoms with E-state index < -0.39 is 5.91 Å². The van der Waals surface area contributed by atoms with Gasteiger partial charge in [-0.25, -0.2) is 4.98 Å². The van der Waals surface area contributed by atoms with Crippen molar-refractivity contribution in [2.75, 3.05) is 0 Å². The predicted molar refractivity (Wildman–Crippen MR) is 71.4 cm³/mol. The van der Waals surface area contributed by atoms with Gasteiger partial charge < -0.3 is 15.5 Å². The first kappa shape index (κ1) is 13.3. The molecule has 1 aliphatic heterocycles. The third kappa shape index (κ3) is 2.78. The number of primary amides is 1. The molecular weight excluding hydrogens is 274 g/mol. The van der Waals surface area contributed by atoms with Crippen molar-refractivity contribution in [3.8, 4) is 0 Å². The van der Waals surface area contributed by atoms with Crippen LogP contribution in [0.1, 0.15) is 45.4 Å². The maximum absolute atomic E-state index is 12.0. The minimum atomic E-state index is -0.668. The van der Waals surface area contributed by atoms with E-state index >= 15 is 0 Å². The number of aromatic nitrogens is 3. The average Bonchev–Trinajstić information content (AvgIpc) is 3.11. The van der Waals surface area contributed by atoms with Gasteiger partial charge in [0.2, 0.25) is 5.89 Å². The lowest BCUT2D eigenvalue weighted by atomic mass is 10.1. The van der Waals surface area contributed by atoms with Gasteiger partial charge in [0.1, 0.15) is 12.0 Å². The Morgan fingerprint density at radius 2 is 2.24 bits per heavy atom. The SMILES string of the molecule is NC(=O)c1coc(CNC(=O)c2cc3n(n2)CCCC3)n1. The highest BCUT2D eigenvalue weighted by Gasteiger charge is 2.17. The molecule has 0 radical (unpaired) electrons. The van der Waals surface area contributed by atoms with E-state index in [1.807, 2.05) is 4.68 Å². The first-order valence-electron chi connectivity index (χ1n) is 6.72. The Morgan fingerprint density at radius 1 is 1.38 bits per heavy atom. The van der Waals surface area contributed by atoms with Gasteiger partial charge >= 0.3 is 0 Å². The molecule has 0 unspecified atom stereocenters. The Labute approximate surface area is 120 Å². The zero-order valence-electron chi connectivity index (χ0n) is 11.3. The fourth-order valence-corrected chi connectivity index (χ4v) is 2.28. The molecule has 8 heteroatoms. The summed E-state index contributed by atoms with van der Waals surface area (Å²) in [7, 11) is 0. The molecule has 3 rings (SSSR count). The molecular formula is C13H15N5O3. The molecule has 0 saturated heterocycles. The number of amides is 2. The number of oxazole rings is 1. The Hall–Kier alpha value is -2.64. The Kier molecular flexibility index (Phi) is 3.43. The summed E-state index contributed by atoms with van der Waals surface area (Å²) in [5, 5.41) is 6.93. The second-order valence-electron chi connectivity index (χ2n) is 4.87. The van der Waals surface area contributed by atoms with E-state index in [1.54, 1.807) is 6.07 Å². The van der Waals surface area contributed by atoms with Crippen molar-refractivity contribution in [3.05, 3.63) is 35.3 Å². The number of aryl methyl sites for hydroxylation is 2. The van der Waals surface area contributed by atoms with Crippen molar-refractivity contribution in [2.24, 2.45) is 5.73 Å². The molecule has 3 heterocycles. The molecule has 0 fully saturated rings. The summed E-state index contributed by atoms with van der Waals surface area (Å²) in [6.45, 7) is 0.929. The van der Waals surface area contributed by atoms with Gasteiger partial charge in [0.05, 0.1) is 6.54 Å². The normalized spacial score (nSPS) is 13.7. The molecule has 2 amide bonds. The zero-order chi connectivity index (χ0) is 14.8. The molecule has 21 heavy (non-hydrogen) atoms. The number of carbonyl (C=O) groups is 2. The minimum Gasteiger partial charge on any atom is -0.446 e. The Morgan fingerprint density at radius 3 is 2.95 bits per heavy atom. The molecule has 2 aromatic rings. The summed E-state index contributed by atoms with van der Waals surface area (Å²) in [5.41, 5.74) is 6.57. The molecule has 2 aromatic heterocycles. The van der Waals surface area contributed by atoms with Crippen LogP contribution in [0, 0.1) is 0 Å². The molecule has 0 saturated carbocycles. The van der Waals surface area contributed by atoms with Crippen LogP contribution in [0.15, 0.2) is 16.7 Å². The maximum Gasteiger partial charge on any atom is 0.272 e. The highest BCUT2D eigenvalue weighted by Crippen LogP contribution is 2.15. The van der Waals surface area contributed by atoms with Crippen LogP contribution in [0.25, 0.3) is 0 Å². The third-order valence-electron chi connectivity index (χ3n) is 3.35. The summed E-state index contributed by atoms with van der Waals surface area (Å²) in [6, 6.07) is 1.80. The fourth-order valence-electron chi connectivity index (χ4n) is 2.28. The molecule has 1 aliphatic rings. The molecule has 0 atom stereocenters. The van der Waals surface area contributed by atoms with Crippen LogP contribution < -0.4 is 11.1 Å². The first-order chi connectivity index (χ1) is 10.1. The number of nitrogens with zero attached hydrogens (tertiary/aromatic N) is 3. The second kappa shape index (κ2) is 5.39. The van der Waals surface area contributed by atoms with Crippen LogP contribution in [0.4, 0.5) is 0 Å². The van der Waals surface area contributed by atoms with Gasteiger partial charge in [-0.05, 0) is 25.3 Å². The number of hydrogen-bond donors (Lipinski definition) is 2. The quantitative estimate of drug-likeness (QED) is 0.836. The number of carbonyl (C=O) groups excluding carboxylic acids is 2. The number of nitrogens with two attached hydrogens (primary N) is 1. The van der Waals surface area contributed by atoms with E-state index in [1.165, 1.54) is 6.26 Å². The van der Waals surface area contributed by atoms with Crippen molar-refractivity contribution >= 4 is 11.8 Å². The molecule has 8 nitrogen and oxygen atoms in total. The molecule has 0 aliphatic carbocycles. The monoisotopic (exact) mass is 289 g/mol. The van der Waals surface area contributed by atoms with Crippen LogP contribution in [-0.2, 0) is 19.5 Å². The number of rotatable bonds is 4. The summed E-state index contributed by atoms with van der Waals surface area (Å²) < 4.78 is 6.91. The smallest absolute Gasteiger partial charge is 0.272 e. The molecule has 110 valence electrons. The van der Waals surface area contributed by atoms with Crippen LogP contribution >= 0.6 is 0 Å². The summed E-state index contributed by atoms with van der Waals surface area (Å²) in [4.78, 5) is 26.8. The van der Waals surface area contributed by atoms with Gasteiger partial charge in [0, 0.05) is 12.2 Å². The van der Waals surface area contributed by atoms with Crippen molar-refractivity contribution in [2.45, 2.75) is 32.4 Å². The van der Waals surface area contributed by atoms with Gasteiger partial charge in [-0.1, -0.05) is 0 Å². The van der Waals surface area contributed by atoms with E-state index in [0.717, 1.165) is 31.5 Å². The lowest BCUT2D eigenvalue weighted by Gasteiger charge is -2.11. The average molecular weight is 289 g/mol. The number of fused-ring (bicyclic) bond motifs is 1. The number of nitrogens with one attached hydrogen (secondary N) is 1. The van der Waals surface area contributed by atoms with Gasteiger partial charge in [0.15, 0.2) is 5.69 Å². The predicted octanol–water partition coefficient (Wildman–Crippen LogP) is 0.236. The molecule has 0 aromatic carbocycles. The van der Waals surface area contributed by atoms with Gasteiger partial charge in [-0.15, -0.1) is 0 Å². The van der Waals surface area contributed by atoms with E-state index in [-0.39, 0.29) is 24.0 Å². The number of hydrogen-bond acceptors (Lipinski definition) is 5. The lowest BCUT2D eigenvalue weighted by Crippen LogP contribution is -2.24. The first-order valence-corrected chi connectivity index (χ1v) is 6.72. The van der Waals surface area contributed by atoms with Crippen molar-refractivity contribution in [1.82, 2.24) is 20.1 Å². The van der Waals surface area contributed by atoms with Crippen LogP contribution in [0.3, 0.4) is 0 Å². The largest absolute Gasteiger partial charge is 0.446 e. The topological polar surface area (TPSA) is 116 Å². The lowest BCUT2D eigenvalue weighted by molar-refractivity contribution is 0.0940. The van der Waals surface area contributed by atoms with E-state index in [0.29, 0.717) is 5.69 Å². The molecule has 0 bridgehead atoms. The van der Waals surface area contributed by atoms with Crippen molar-refractivity contribution in [3.63, 3.8) is 0 Å². The van der Waals surface area contributed by atoms with Crippen molar-refractivity contribution in [1.29, 1.82) is 0 Å². The highest BCUT2D eigenvalue weighted by atomic mass is 16.3. The van der Waals surface area contributed by atoms with Crippen molar-refractivity contribution < 1.29 is 14.0 Å². The molecule has 0 spiro atoms.